The maximum Gasteiger partial charge on any atom is 0.246 e. The second kappa shape index (κ2) is 4.74. The number of primary amides is 1. The normalized spacial score (nSPS) is 27.2. The van der Waals surface area contributed by atoms with E-state index in [1.54, 1.807) is 0 Å². The van der Waals surface area contributed by atoms with Gasteiger partial charge < -0.3 is 15.8 Å². The molecule has 1 unspecified atom stereocenters. The number of para-hydroxylation sites is 1. The number of nitrogens with one attached hydrogen (secondary N) is 1. The van der Waals surface area contributed by atoms with Gasteiger partial charge in [0.25, 0.3) is 0 Å². The molecule has 1 aliphatic heterocycles. The van der Waals surface area contributed by atoms with E-state index >= 15 is 0 Å². The van der Waals surface area contributed by atoms with Crippen molar-refractivity contribution in [2.45, 2.75) is 50.9 Å². The van der Waals surface area contributed by atoms with E-state index in [-0.39, 0.29) is 0 Å². The first-order chi connectivity index (χ1) is 9.10. The van der Waals surface area contributed by atoms with Crippen molar-refractivity contribution in [3.05, 3.63) is 28.7 Å². The van der Waals surface area contributed by atoms with Gasteiger partial charge in [0.1, 0.15) is 5.54 Å². The third kappa shape index (κ3) is 2.44. The Labute approximate surface area is 128 Å². The van der Waals surface area contributed by atoms with Crippen molar-refractivity contribution in [2.75, 3.05) is 5.32 Å². The van der Waals surface area contributed by atoms with Crippen LogP contribution in [0.1, 0.15) is 34.1 Å². The number of hydrogen-bond acceptors (Lipinski definition) is 3. The van der Waals surface area contributed by atoms with E-state index in [2.05, 4.69) is 21.2 Å². The first-order valence-corrected chi connectivity index (χ1v) is 7.42. The third-order valence-corrected chi connectivity index (χ3v) is 4.58. The lowest BCUT2D eigenvalue weighted by atomic mass is 9.78. The molecule has 0 spiro atoms. The molecule has 0 radical (unpaired) electrons. The van der Waals surface area contributed by atoms with Gasteiger partial charge >= 0.3 is 0 Å². The molecule has 20 heavy (non-hydrogen) atoms. The molecule has 1 amide bonds. The second-order valence-electron chi connectivity index (χ2n) is 6.42. The van der Waals surface area contributed by atoms with E-state index in [0.29, 0.717) is 6.42 Å². The van der Waals surface area contributed by atoms with E-state index in [4.69, 9.17) is 10.5 Å². The van der Waals surface area contributed by atoms with Crippen molar-refractivity contribution in [1.82, 2.24) is 0 Å². The van der Waals surface area contributed by atoms with Gasteiger partial charge in [0.15, 0.2) is 0 Å². The summed E-state index contributed by atoms with van der Waals surface area (Å²) in [5.41, 5.74) is 4.51. The standard InChI is InChI=1S/C15H21BrN2O2/c1-13(2)9-15(12(17)19,14(3,4)20-13)18-11-8-6-5-7-10(11)16/h5-8,18H,9H2,1-4H3,(H2,17,19). The summed E-state index contributed by atoms with van der Waals surface area (Å²) in [5.74, 6) is -0.399. The molecule has 0 aliphatic carbocycles. The Balaban J connectivity index is 2.47. The van der Waals surface area contributed by atoms with E-state index in [0.717, 1.165) is 10.2 Å². The van der Waals surface area contributed by atoms with E-state index < -0.39 is 22.6 Å². The molecule has 5 heteroatoms. The van der Waals surface area contributed by atoms with Crippen LogP contribution < -0.4 is 11.1 Å². The molecule has 1 aliphatic rings. The molecule has 1 atom stereocenters. The molecule has 3 N–H and O–H groups in total. The highest BCUT2D eigenvalue weighted by Gasteiger charge is 2.61. The maximum atomic E-state index is 12.2. The molecular weight excluding hydrogens is 320 g/mol. The highest BCUT2D eigenvalue weighted by molar-refractivity contribution is 9.10. The lowest BCUT2D eigenvalue weighted by molar-refractivity contribution is -0.129. The highest BCUT2D eigenvalue weighted by atomic mass is 79.9. The van der Waals surface area contributed by atoms with Crippen molar-refractivity contribution in [3.8, 4) is 0 Å². The average molecular weight is 341 g/mol. The van der Waals surface area contributed by atoms with Crippen LogP contribution >= 0.6 is 15.9 Å². The SMILES string of the molecule is CC1(C)CC(Nc2ccccc2Br)(C(N)=O)C(C)(C)O1. The molecule has 1 aromatic carbocycles. The monoisotopic (exact) mass is 340 g/mol. The number of halogens is 1. The van der Waals surface area contributed by atoms with Crippen LogP contribution in [0, 0.1) is 0 Å². The lowest BCUT2D eigenvalue weighted by Crippen LogP contribution is -2.61. The maximum absolute atomic E-state index is 12.2. The summed E-state index contributed by atoms with van der Waals surface area (Å²) in [4.78, 5) is 12.2. The zero-order valence-corrected chi connectivity index (χ0v) is 13.9. The van der Waals surface area contributed by atoms with Crippen LogP contribution in [0.5, 0.6) is 0 Å². The molecular formula is C15H21BrN2O2. The van der Waals surface area contributed by atoms with E-state index in [9.17, 15) is 4.79 Å². The molecule has 0 bridgehead atoms. The molecule has 0 saturated carbocycles. The van der Waals surface area contributed by atoms with Crippen LogP contribution in [0.15, 0.2) is 28.7 Å². The Morgan fingerprint density at radius 3 is 2.35 bits per heavy atom. The smallest absolute Gasteiger partial charge is 0.246 e. The van der Waals surface area contributed by atoms with Crippen LogP contribution in [0.4, 0.5) is 5.69 Å². The van der Waals surface area contributed by atoms with Crippen LogP contribution in [-0.4, -0.2) is 22.6 Å². The van der Waals surface area contributed by atoms with Gasteiger partial charge in [-0.15, -0.1) is 0 Å². The Hall–Kier alpha value is -1.07. The quantitative estimate of drug-likeness (QED) is 0.888. The lowest BCUT2D eigenvalue weighted by Gasteiger charge is -2.38. The van der Waals surface area contributed by atoms with Crippen LogP contribution in [0.3, 0.4) is 0 Å². The molecule has 2 rings (SSSR count). The number of carbonyl (C=O) groups is 1. The first-order valence-electron chi connectivity index (χ1n) is 6.62. The molecule has 110 valence electrons. The number of rotatable bonds is 3. The highest BCUT2D eigenvalue weighted by Crippen LogP contribution is 2.47. The van der Waals surface area contributed by atoms with Crippen molar-refractivity contribution in [1.29, 1.82) is 0 Å². The minimum atomic E-state index is -0.944. The summed E-state index contributed by atoms with van der Waals surface area (Å²) in [6, 6.07) is 7.67. The fourth-order valence-electron chi connectivity index (χ4n) is 3.10. The molecule has 1 saturated heterocycles. The molecule has 1 heterocycles. The van der Waals surface area contributed by atoms with Crippen molar-refractivity contribution in [2.24, 2.45) is 5.73 Å². The summed E-state index contributed by atoms with van der Waals surface area (Å²) in [6.07, 6.45) is 0.518. The van der Waals surface area contributed by atoms with Gasteiger partial charge in [-0.2, -0.15) is 0 Å². The van der Waals surface area contributed by atoms with Gasteiger partial charge in [0.05, 0.1) is 11.2 Å². The van der Waals surface area contributed by atoms with Gasteiger partial charge in [-0.3, -0.25) is 4.79 Å². The predicted molar refractivity (Wildman–Crippen MR) is 83.6 cm³/mol. The molecule has 0 aromatic heterocycles. The second-order valence-corrected chi connectivity index (χ2v) is 7.28. The minimum Gasteiger partial charge on any atom is -0.368 e. The Morgan fingerprint density at radius 1 is 1.30 bits per heavy atom. The number of benzene rings is 1. The Kier molecular flexibility index (Phi) is 3.63. The molecule has 1 aromatic rings. The van der Waals surface area contributed by atoms with E-state index in [1.165, 1.54) is 0 Å². The topological polar surface area (TPSA) is 64.3 Å². The number of amides is 1. The number of ether oxygens (including phenoxy) is 1. The summed E-state index contributed by atoms with van der Waals surface area (Å²) in [5, 5.41) is 3.32. The fraction of sp³-hybridized carbons (Fsp3) is 0.533. The first kappa shape index (κ1) is 15.3. The number of hydrogen-bond donors (Lipinski definition) is 2. The fourth-order valence-corrected chi connectivity index (χ4v) is 3.48. The van der Waals surface area contributed by atoms with E-state index in [1.807, 2.05) is 52.0 Å². The number of nitrogens with two attached hydrogens (primary N) is 1. The van der Waals surface area contributed by atoms with Gasteiger partial charge in [0.2, 0.25) is 5.91 Å². The molecule has 4 nitrogen and oxygen atoms in total. The minimum absolute atomic E-state index is 0.399. The Morgan fingerprint density at radius 2 is 1.90 bits per heavy atom. The zero-order chi connectivity index (χ0) is 15.2. The van der Waals surface area contributed by atoms with Gasteiger partial charge in [0, 0.05) is 16.6 Å². The third-order valence-electron chi connectivity index (χ3n) is 3.89. The average Bonchev–Trinajstić information content (AvgIpc) is 2.47. The summed E-state index contributed by atoms with van der Waals surface area (Å²) < 4.78 is 6.94. The largest absolute Gasteiger partial charge is 0.368 e. The van der Waals surface area contributed by atoms with Gasteiger partial charge in [-0.05, 0) is 55.8 Å². The van der Waals surface area contributed by atoms with Crippen LogP contribution in [0.25, 0.3) is 0 Å². The predicted octanol–water partition coefficient (Wildman–Crippen LogP) is 3.06. The van der Waals surface area contributed by atoms with Crippen molar-refractivity contribution < 1.29 is 9.53 Å². The molecule has 1 fully saturated rings. The van der Waals surface area contributed by atoms with Gasteiger partial charge in [-0.1, -0.05) is 12.1 Å². The van der Waals surface area contributed by atoms with Crippen LogP contribution in [-0.2, 0) is 9.53 Å². The summed E-state index contributed by atoms with van der Waals surface area (Å²) in [7, 11) is 0. The van der Waals surface area contributed by atoms with Crippen molar-refractivity contribution in [3.63, 3.8) is 0 Å². The zero-order valence-electron chi connectivity index (χ0n) is 12.3. The van der Waals surface area contributed by atoms with Crippen molar-refractivity contribution >= 4 is 27.5 Å². The number of carbonyl (C=O) groups excluding carboxylic acids is 1. The van der Waals surface area contributed by atoms with Crippen LogP contribution in [0.2, 0.25) is 0 Å². The summed E-state index contributed by atoms with van der Waals surface area (Å²) in [6.45, 7) is 7.75. The Bertz CT molecular complexity index is 542. The summed E-state index contributed by atoms with van der Waals surface area (Å²) >= 11 is 3.49. The van der Waals surface area contributed by atoms with Gasteiger partial charge in [-0.25, -0.2) is 0 Å². The number of anilines is 1.